The van der Waals surface area contributed by atoms with E-state index in [1.807, 2.05) is 0 Å². The van der Waals surface area contributed by atoms with Crippen molar-refractivity contribution in [3.8, 4) is 0 Å². The molecule has 182 valence electrons. The predicted octanol–water partition coefficient (Wildman–Crippen LogP) is 2.82. The van der Waals surface area contributed by atoms with Gasteiger partial charge in [0, 0.05) is 0 Å². The average Bonchev–Trinajstić information content (AvgIpc) is 3.48. The van der Waals surface area contributed by atoms with Gasteiger partial charge in [-0.3, -0.25) is 0 Å². The zero-order valence-electron chi connectivity index (χ0n) is 20.4. The molecule has 1 atom stereocenters. The van der Waals surface area contributed by atoms with Crippen molar-refractivity contribution in [2.75, 3.05) is 0 Å². The van der Waals surface area contributed by atoms with E-state index in [1.165, 1.54) is 94.2 Å². The molecule has 2 aromatic rings. The Balaban J connectivity index is 0.000000290. The Kier molecular flexibility index (Phi) is 13.7. The summed E-state index contributed by atoms with van der Waals surface area (Å²) in [7, 11) is 0.0611. The topological polar surface area (TPSA) is 0 Å². The Morgan fingerprint density at radius 2 is 1.44 bits per heavy atom. The summed E-state index contributed by atoms with van der Waals surface area (Å²) in [6.07, 6.45) is 27.9. The van der Waals surface area contributed by atoms with E-state index in [2.05, 4.69) is 61.0 Å². The molecule has 0 aromatic heterocycles. The van der Waals surface area contributed by atoms with Crippen LogP contribution >= 0.6 is 7.92 Å². The molecule has 0 saturated heterocycles. The molecule has 0 radical (unpaired) electrons. The SMILES string of the molecule is C1=CCC2CC[CH-]C2=C1.[Cl-].[Cl-].[Hf+4].c1ccc2[cH-]c(P(C3CCCCC3)C3CCCCC3)cc2c1. The van der Waals surface area contributed by atoms with Crippen LogP contribution in [0, 0.1) is 12.3 Å². The summed E-state index contributed by atoms with van der Waals surface area (Å²) in [5.41, 5.74) is 3.62. The van der Waals surface area contributed by atoms with E-state index in [4.69, 9.17) is 0 Å². The number of hydrogen-bond acceptors (Lipinski definition) is 0. The predicted molar refractivity (Wildman–Crippen MR) is 139 cm³/mol. The second-order valence-electron chi connectivity index (χ2n) is 10.1. The third-order valence-corrected chi connectivity index (χ3v) is 11.5. The molecule has 0 spiro atoms. The van der Waals surface area contributed by atoms with Crippen LogP contribution in [0.25, 0.3) is 10.8 Å². The van der Waals surface area contributed by atoms with Crippen molar-refractivity contribution in [2.45, 2.75) is 94.8 Å². The van der Waals surface area contributed by atoms with Crippen LogP contribution < -0.4 is 30.1 Å². The van der Waals surface area contributed by atoms with Gasteiger partial charge in [0.1, 0.15) is 0 Å². The summed E-state index contributed by atoms with van der Waals surface area (Å²) in [5.74, 6) is 0.884. The van der Waals surface area contributed by atoms with Gasteiger partial charge in [-0.25, -0.2) is 18.1 Å². The fraction of sp³-hybridized carbons (Fsp3) is 0.533. The van der Waals surface area contributed by atoms with Crippen LogP contribution in [0.2, 0.25) is 0 Å². The van der Waals surface area contributed by atoms with Gasteiger partial charge in [0.05, 0.1) is 0 Å². The number of allylic oxidation sites excluding steroid dienone is 4. The Morgan fingerprint density at radius 3 is 2.06 bits per heavy atom. The van der Waals surface area contributed by atoms with Crippen molar-refractivity contribution >= 4 is 24.0 Å². The minimum Gasteiger partial charge on any atom is -1.00 e. The third-order valence-electron chi connectivity index (χ3n) is 8.05. The smallest absolute Gasteiger partial charge is 1.00 e. The van der Waals surface area contributed by atoms with Crippen LogP contribution in [0.3, 0.4) is 0 Å². The van der Waals surface area contributed by atoms with E-state index < -0.39 is 0 Å². The summed E-state index contributed by atoms with van der Waals surface area (Å²) in [6.45, 7) is 0. The Labute approximate surface area is 240 Å². The quantitative estimate of drug-likeness (QED) is 0.266. The normalized spacial score (nSPS) is 22.3. The van der Waals surface area contributed by atoms with Crippen molar-refractivity contribution in [1.82, 2.24) is 0 Å². The minimum atomic E-state index is 0. The maximum Gasteiger partial charge on any atom is 4.00 e. The van der Waals surface area contributed by atoms with Gasteiger partial charge in [-0.2, -0.15) is 6.07 Å². The van der Waals surface area contributed by atoms with Gasteiger partial charge < -0.3 is 24.8 Å². The molecule has 4 heteroatoms. The molecule has 4 aliphatic carbocycles. The fourth-order valence-corrected chi connectivity index (χ4v) is 10.2. The molecule has 3 saturated carbocycles. The Hall–Kier alpha value is 0.0601. The molecule has 34 heavy (non-hydrogen) atoms. The van der Waals surface area contributed by atoms with Gasteiger partial charge in [-0.1, -0.05) is 58.9 Å². The van der Waals surface area contributed by atoms with Gasteiger partial charge >= 0.3 is 25.8 Å². The molecule has 4 aliphatic rings. The number of hydrogen-bond donors (Lipinski definition) is 0. The van der Waals surface area contributed by atoms with Crippen LogP contribution in [0.4, 0.5) is 0 Å². The van der Waals surface area contributed by atoms with Crippen LogP contribution in [-0.4, -0.2) is 11.3 Å². The van der Waals surface area contributed by atoms with Gasteiger partial charge in [0.2, 0.25) is 0 Å². The average molecular weight is 680 g/mol. The van der Waals surface area contributed by atoms with Crippen molar-refractivity contribution in [3.63, 3.8) is 0 Å². The largest absolute Gasteiger partial charge is 4.00 e. The Bertz CT molecular complexity index is 854. The molecule has 0 aliphatic heterocycles. The number of rotatable bonds is 3. The fourth-order valence-electron chi connectivity index (χ4n) is 6.39. The van der Waals surface area contributed by atoms with E-state index >= 15 is 0 Å². The first-order chi connectivity index (χ1) is 15.4. The van der Waals surface area contributed by atoms with Gasteiger partial charge in [0.15, 0.2) is 0 Å². The molecular weight excluding hydrogens is 641 g/mol. The van der Waals surface area contributed by atoms with E-state index in [9.17, 15) is 0 Å². The van der Waals surface area contributed by atoms with Crippen molar-refractivity contribution < 1.29 is 50.7 Å². The number of halogens is 2. The van der Waals surface area contributed by atoms with Gasteiger partial charge in [-0.15, -0.1) is 58.9 Å². The van der Waals surface area contributed by atoms with Crippen LogP contribution in [-0.2, 0) is 25.8 Å². The summed E-state index contributed by atoms with van der Waals surface area (Å²) in [4.78, 5) is 0. The first kappa shape index (κ1) is 30.3. The number of fused-ring (bicyclic) bond motifs is 2. The molecule has 6 rings (SSSR count). The van der Waals surface area contributed by atoms with Crippen molar-refractivity contribution in [1.29, 1.82) is 0 Å². The van der Waals surface area contributed by atoms with E-state index in [-0.39, 0.29) is 58.6 Å². The van der Waals surface area contributed by atoms with Gasteiger partial charge in [-0.05, 0) is 49.3 Å². The second-order valence-corrected chi connectivity index (χ2v) is 12.9. The first-order valence-electron chi connectivity index (χ1n) is 13.0. The van der Waals surface area contributed by atoms with E-state index in [1.54, 1.807) is 10.9 Å². The second kappa shape index (κ2) is 15.3. The summed E-state index contributed by atoms with van der Waals surface area (Å²) in [5, 5.41) is 4.67. The molecule has 0 heterocycles. The molecule has 0 nitrogen and oxygen atoms in total. The molecular formula is C30H39Cl2HfP. The van der Waals surface area contributed by atoms with Crippen LogP contribution in [0.15, 0.2) is 60.2 Å². The molecule has 2 aromatic carbocycles. The maximum atomic E-state index is 2.55. The third kappa shape index (κ3) is 7.54. The zero-order chi connectivity index (χ0) is 20.9. The van der Waals surface area contributed by atoms with E-state index in [0.717, 1.165) is 17.2 Å². The van der Waals surface area contributed by atoms with Gasteiger partial charge in [0.25, 0.3) is 0 Å². The molecule has 0 bridgehead atoms. The van der Waals surface area contributed by atoms with Crippen LogP contribution in [0.5, 0.6) is 0 Å². The van der Waals surface area contributed by atoms with E-state index in [0.29, 0.717) is 0 Å². The Morgan fingerprint density at radius 1 is 0.794 bits per heavy atom. The standard InChI is InChI=1S/C21H28P.C9H11.2ClH.Hf/c1-3-11-19(12-4-1)22(20-13-5-2-6-14-20)21-15-17-9-7-8-10-18(17)16-21;1-2-5-9-7-3-6-8(9)4-1;;;/h7-10,15-16,19-20H,1-6,11-14H2;1-2,4,6,9H,3,5,7H2;2*1H;/q2*-1;;;+4/p-2. The van der Waals surface area contributed by atoms with Crippen LogP contribution in [0.1, 0.15) is 83.5 Å². The first-order valence-corrected chi connectivity index (χ1v) is 14.5. The molecule has 1 unspecified atom stereocenters. The number of benzene rings is 1. The molecule has 0 amide bonds. The zero-order valence-corrected chi connectivity index (χ0v) is 26.4. The van der Waals surface area contributed by atoms with Crippen molar-refractivity contribution in [3.05, 3.63) is 66.6 Å². The molecule has 3 fully saturated rings. The summed E-state index contributed by atoms with van der Waals surface area (Å²) < 4.78 is 0. The van der Waals surface area contributed by atoms with Crippen molar-refractivity contribution in [2.24, 2.45) is 5.92 Å². The maximum absolute atomic E-state index is 2.55. The summed E-state index contributed by atoms with van der Waals surface area (Å²) >= 11 is 0. The monoisotopic (exact) mass is 680 g/mol. The summed E-state index contributed by atoms with van der Waals surface area (Å²) in [6, 6.07) is 14.1. The minimum absolute atomic E-state index is 0. The molecule has 0 N–H and O–H groups in total.